The van der Waals surface area contributed by atoms with Crippen molar-refractivity contribution in [2.45, 2.75) is 43.4 Å². The molecule has 0 bridgehead atoms. The van der Waals surface area contributed by atoms with Crippen molar-refractivity contribution < 1.29 is 17.6 Å². The molecule has 0 radical (unpaired) electrons. The van der Waals surface area contributed by atoms with E-state index < -0.39 is 15.8 Å². The van der Waals surface area contributed by atoms with Gasteiger partial charge in [-0.25, -0.2) is 12.8 Å². The number of benzene rings is 1. The molecule has 1 aromatic rings. The average molecular weight is 368 g/mol. The second-order valence-corrected chi connectivity index (χ2v) is 8.81. The normalized spacial score (nSPS) is 21.1. The van der Waals surface area contributed by atoms with Gasteiger partial charge in [-0.1, -0.05) is 19.3 Å². The number of nitrogens with zero attached hydrogens (tertiary/aromatic N) is 2. The largest absolute Gasteiger partial charge is 0.341 e. The molecule has 0 N–H and O–H groups in total. The highest BCUT2D eigenvalue weighted by Crippen LogP contribution is 2.26. The molecule has 0 aromatic heterocycles. The van der Waals surface area contributed by atoms with Gasteiger partial charge in [-0.15, -0.1) is 0 Å². The fourth-order valence-corrected chi connectivity index (χ4v) is 5.19. The van der Waals surface area contributed by atoms with Crippen LogP contribution in [0.15, 0.2) is 29.2 Å². The van der Waals surface area contributed by atoms with Crippen LogP contribution in [0.3, 0.4) is 0 Å². The van der Waals surface area contributed by atoms with Crippen LogP contribution in [0.4, 0.5) is 4.39 Å². The molecule has 138 valence electrons. The summed E-state index contributed by atoms with van der Waals surface area (Å²) in [6.07, 6.45) is 5.94. The molecule has 3 rings (SSSR count). The standard InChI is InChI=1S/C18H25FN2O3S/c19-16-7-9-17(10-8-16)25(23,24)21-12-4-11-20(13-14-21)18(22)15-5-2-1-3-6-15/h7-10,15H,1-6,11-14H2. The van der Waals surface area contributed by atoms with E-state index in [-0.39, 0.29) is 23.3 Å². The van der Waals surface area contributed by atoms with Crippen molar-refractivity contribution in [3.8, 4) is 0 Å². The number of hydrogen-bond acceptors (Lipinski definition) is 3. The van der Waals surface area contributed by atoms with E-state index >= 15 is 0 Å². The van der Waals surface area contributed by atoms with E-state index in [9.17, 15) is 17.6 Å². The van der Waals surface area contributed by atoms with Gasteiger partial charge in [0.05, 0.1) is 4.90 Å². The van der Waals surface area contributed by atoms with Crippen molar-refractivity contribution in [3.63, 3.8) is 0 Å². The van der Waals surface area contributed by atoms with Crippen LogP contribution in [-0.2, 0) is 14.8 Å². The minimum Gasteiger partial charge on any atom is -0.341 e. The monoisotopic (exact) mass is 368 g/mol. The summed E-state index contributed by atoms with van der Waals surface area (Å²) < 4.78 is 39.9. The maximum absolute atomic E-state index is 13.0. The maximum atomic E-state index is 13.0. The summed E-state index contributed by atoms with van der Waals surface area (Å²) in [5.74, 6) is -0.172. The summed E-state index contributed by atoms with van der Waals surface area (Å²) in [6.45, 7) is 1.70. The second-order valence-electron chi connectivity index (χ2n) is 6.87. The van der Waals surface area contributed by atoms with Gasteiger partial charge in [-0.2, -0.15) is 4.31 Å². The summed E-state index contributed by atoms with van der Waals surface area (Å²) in [7, 11) is -3.65. The molecule has 0 atom stereocenters. The van der Waals surface area contributed by atoms with Crippen LogP contribution < -0.4 is 0 Å². The van der Waals surface area contributed by atoms with Gasteiger partial charge in [0, 0.05) is 32.1 Å². The molecule has 1 aliphatic heterocycles. The Bertz CT molecular complexity index is 700. The number of carbonyl (C=O) groups is 1. The first-order valence-corrected chi connectivity index (χ1v) is 10.5. The van der Waals surface area contributed by atoms with E-state index in [0.29, 0.717) is 26.1 Å². The Kier molecular flexibility index (Phi) is 5.74. The number of halogens is 1. The molecular weight excluding hydrogens is 343 g/mol. The van der Waals surface area contributed by atoms with Gasteiger partial charge in [0.15, 0.2) is 0 Å². The minimum atomic E-state index is -3.65. The van der Waals surface area contributed by atoms with Gasteiger partial charge in [0.2, 0.25) is 15.9 Å². The molecule has 7 heteroatoms. The number of sulfonamides is 1. The highest BCUT2D eigenvalue weighted by Gasteiger charge is 2.31. The van der Waals surface area contributed by atoms with Crippen molar-refractivity contribution in [1.29, 1.82) is 0 Å². The molecule has 0 spiro atoms. The molecule has 2 aliphatic rings. The molecule has 25 heavy (non-hydrogen) atoms. The maximum Gasteiger partial charge on any atom is 0.243 e. The van der Waals surface area contributed by atoms with E-state index in [1.165, 1.54) is 22.9 Å². The highest BCUT2D eigenvalue weighted by molar-refractivity contribution is 7.89. The van der Waals surface area contributed by atoms with Crippen LogP contribution in [-0.4, -0.2) is 49.7 Å². The third-order valence-electron chi connectivity index (χ3n) is 5.17. The zero-order valence-electron chi connectivity index (χ0n) is 14.4. The van der Waals surface area contributed by atoms with Crippen molar-refractivity contribution in [2.24, 2.45) is 5.92 Å². The fourth-order valence-electron chi connectivity index (χ4n) is 3.72. The first kappa shape index (κ1) is 18.3. The lowest BCUT2D eigenvalue weighted by molar-refractivity contribution is -0.136. The van der Waals surface area contributed by atoms with Gasteiger partial charge >= 0.3 is 0 Å². The van der Waals surface area contributed by atoms with Crippen LogP contribution in [0.2, 0.25) is 0 Å². The first-order valence-electron chi connectivity index (χ1n) is 9.03. The molecule has 1 saturated carbocycles. The summed E-state index contributed by atoms with van der Waals surface area (Å²) >= 11 is 0. The minimum absolute atomic E-state index is 0.0981. The van der Waals surface area contributed by atoms with Crippen LogP contribution in [0.25, 0.3) is 0 Å². The van der Waals surface area contributed by atoms with Crippen LogP contribution in [0, 0.1) is 11.7 Å². The van der Waals surface area contributed by atoms with Gasteiger partial charge < -0.3 is 4.90 Å². The number of hydrogen-bond donors (Lipinski definition) is 0. The predicted molar refractivity (Wildman–Crippen MR) is 92.9 cm³/mol. The number of carbonyl (C=O) groups excluding carboxylic acids is 1. The van der Waals surface area contributed by atoms with E-state index in [2.05, 4.69) is 0 Å². The Hall–Kier alpha value is -1.47. The Morgan fingerprint density at radius 3 is 2.28 bits per heavy atom. The van der Waals surface area contributed by atoms with Crippen molar-refractivity contribution in [3.05, 3.63) is 30.1 Å². The summed E-state index contributed by atoms with van der Waals surface area (Å²) in [5.41, 5.74) is 0. The van der Waals surface area contributed by atoms with Gasteiger partial charge in [-0.05, 0) is 43.5 Å². The lowest BCUT2D eigenvalue weighted by atomic mass is 9.88. The zero-order chi connectivity index (χ0) is 17.9. The average Bonchev–Trinajstić information content (AvgIpc) is 2.89. The molecular formula is C18H25FN2O3S. The van der Waals surface area contributed by atoms with E-state index in [1.807, 2.05) is 4.90 Å². The zero-order valence-corrected chi connectivity index (χ0v) is 15.2. The topological polar surface area (TPSA) is 57.7 Å². The quantitative estimate of drug-likeness (QED) is 0.824. The third kappa shape index (κ3) is 4.20. The second kappa shape index (κ2) is 7.83. The van der Waals surface area contributed by atoms with Crippen molar-refractivity contribution in [2.75, 3.05) is 26.2 Å². The molecule has 1 amide bonds. The lowest BCUT2D eigenvalue weighted by Gasteiger charge is -2.28. The van der Waals surface area contributed by atoms with Crippen LogP contribution >= 0.6 is 0 Å². The van der Waals surface area contributed by atoms with Crippen LogP contribution in [0.1, 0.15) is 38.5 Å². The Morgan fingerprint density at radius 1 is 0.920 bits per heavy atom. The lowest BCUT2D eigenvalue weighted by Crippen LogP contribution is -2.40. The summed E-state index contributed by atoms with van der Waals surface area (Å²) in [4.78, 5) is 14.6. The van der Waals surface area contributed by atoms with Crippen molar-refractivity contribution in [1.82, 2.24) is 9.21 Å². The smallest absolute Gasteiger partial charge is 0.243 e. The number of amides is 1. The molecule has 1 aromatic carbocycles. The van der Waals surface area contributed by atoms with Gasteiger partial charge in [-0.3, -0.25) is 4.79 Å². The predicted octanol–water partition coefficient (Wildman–Crippen LogP) is 2.63. The number of rotatable bonds is 3. The summed E-state index contributed by atoms with van der Waals surface area (Å²) in [5, 5.41) is 0. The molecule has 5 nitrogen and oxygen atoms in total. The Balaban J connectivity index is 1.66. The van der Waals surface area contributed by atoms with E-state index in [0.717, 1.165) is 37.8 Å². The van der Waals surface area contributed by atoms with E-state index in [1.54, 1.807) is 0 Å². The molecule has 1 heterocycles. The molecule has 1 saturated heterocycles. The first-order chi connectivity index (χ1) is 12.0. The third-order valence-corrected chi connectivity index (χ3v) is 7.09. The van der Waals surface area contributed by atoms with Crippen molar-refractivity contribution >= 4 is 15.9 Å². The SMILES string of the molecule is O=C(C1CCCCC1)N1CCCN(S(=O)(=O)c2ccc(F)cc2)CC1. The van der Waals surface area contributed by atoms with Crippen LogP contribution in [0.5, 0.6) is 0 Å². The summed E-state index contributed by atoms with van der Waals surface area (Å²) in [6, 6.07) is 4.90. The fraction of sp³-hybridized carbons (Fsp3) is 0.611. The Morgan fingerprint density at radius 2 is 1.60 bits per heavy atom. The molecule has 1 aliphatic carbocycles. The molecule has 2 fully saturated rings. The van der Waals surface area contributed by atoms with E-state index in [4.69, 9.17) is 0 Å². The molecule has 0 unspecified atom stereocenters. The van der Waals surface area contributed by atoms with Gasteiger partial charge in [0.1, 0.15) is 5.82 Å². The Labute approximate surface area is 148 Å². The van der Waals surface area contributed by atoms with Gasteiger partial charge in [0.25, 0.3) is 0 Å². The highest BCUT2D eigenvalue weighted by atomic mass is 32.2.